The third kappa shape index (κ3) is 2.24. The van der Waals surface area contributed by atoms with Gasteiger partial charge in [0.2, 0.25) is 5.91 Å². The minimum atomic E-state index is 0.00488. The van der Waals surface area contributed by atoms with Crippen LogP contribution in [0.15, 0.2) is 12.4 Å². The van der Waals surface area contributed by atoms with Crippen molar-refractivity contribution in [2.24, 2.45) is 7.05 Å². The number of carbonyl (C=O) groups excluding carboxylic acids is 1. The van der Waals surface area contributed by atoms with Gasteiger partial charge in [0.1, 0.15) is 5.82 Å². The minimum absolute atomic E-state index is 0.00488. The largest absolute Gasteiger partial charge is 0.337 e. The van der Waals surface area contributed by atoms with Gasteiger partial charge < -0.3 is 14.8 Å². The Labute approximate surface area is 95.5 Å². The smallest absolute Gasteiger partial charge is 0.239 e. The Morgan fingerprint density at radius 2 is 2.56 bits per heavy atom. The molecule has 1 saturated heterocycles. The molecule has 1 amide bonds. The molecule has 1 N–H and O–H groups in total. The van der Waals surface area contributed by atoms with E-state index in [4.69, 9.17) is 0 Å². The number of hydrogen-bond acceptors (Lipinski definition) is 3. The van der Waals surface area contributed by atoms with Crippen molar-refractivity contribution in [2.75, 3.05) is 13.6 Å². The number of nitrogens with zero attached hydrogens (tertiary/aromatic N) is 3. The van der Waals surface area contributed by atoms with Crippen molar-refractivity contribution in [2.45, 2.75) is 25.4 Å². The zero-order valence-corrected chi connectivity index (χ0v) is 9.81. The Kier molecular flexibility index (Phi) is 3.24. The number of amides is 1. The van der Waals surface area contributed by atoms with Gasteiger partial charge in [0.25, 0.3) is 0 Å². The molecule has 1 aliphatic heterocycles. The highest BCUT2D eigenvalue weighted by Gasteiger charge is 2.25. The van der Waals surface area contributed by atoms with Crippen LogP contribution in [0.3, 0.4) is 0 Å². The van der Waals surface area contributed by atoms with Gasteiger partial charge in [-0.3, -0.25) is 4.79 Å². The van der Waals surface area contributed by atoms with Crippen LogP contribution >= 0.6 is 0 Å². The Morgan fingerprint density at radius 3 is 3.12 bits per heavy atom. The highest BCUT2D eigenvalue weighted by Crippen LogP contribution is 2.09. The third-order valence-electron chi connectivity index (χ3n) is 3.03. The molecule has 1 aliphatic rings. The van der Waals surface area contributed by atoms with E-state index in [0.717, 1.165) is 25.2 Å². The maximum absolute atomic E-state index is 12.0. The zero-order valence-electron chi connectivity index (χ0n) is 9.81. The number of hydrogen-bond donors (Lipinski definition) is 1. The van der Waals surface area contributed by atoms with E-state index in [2.05, 4.69) is 10.3 Å². The first kappa shape index (κ1) is 11.1. The summed E-state index contributed by atoms with van der Waals surface area (Å²) in [4.78, 5) is 18.0. The van der Waals surface area contributed by atoms with Crippen LogP contribution in [0.2, 0.25) is 0 Å². The number of imidazole rings is 1. The van der Waals surface area contributed by atoms with Crippen LogP contribution in [-0.2, 0) is 18.4 Å². The molecule has 5 nitrogen and oxygen atoms in total. The quantitative estimate of drug-likeness (QED) is 0.791. The molecule has 5 heteroatoms. The van der Waals surface area contributed by atoms with Gasteiger partial charge in [0.05, 0.1) is 12.6 Å². The topological polar surface area (TPSA) is 50.2 Å². The first-order valence-electron chi connectivity index (χ1n) is 5.63. The summed E-state index contributed by atoms with van der Waals surface area (Å²) in [6.45, 7) is 1.52. The van der Waals surface area contributed by atoms with Gasteiger partial charge >= 0.3 is 0 Å². The molecule has 0 saturated carbocycles. The average molecular weight is 222 g/mol. The molecule has 0 aromatic carbocycles. The summed E-state index contributed by atoms with van der Waals surface area (Å²) in [6, 6.07) is 0.00488. The first-order chi connectivity index (χ1) is 7.68. The fraction of sp³-hybridized carbons (Fsp3) is 0.636. The summed E-state index contributed by atoms with van der Waals surface area (Å²) in [5.74, 6) is 1.08. The standard InChI is InChI=1S/C11H18N4O/c1-14-7-6-13-10(14)8-15(2)11(16)9-4-3-5-12-9/h6-7,9,12H,3-5,8H2,1-2H3/t9-/m1/s1. The summed E-state index contributed by atoms with van der Waals surface area (Å²) in [7, 11) is 3.77. The van der Waals surface area contributed by atoms with Crippen LogP contribution in [-0.4, -0.2) is 40.0 Å². The van der Waals surface area contributed by atoms with Gasteiger partial charge in [-0.05, 0) is 19.4 Å². The fourth-order valence-electron chi connectivity index (χ4n) is 2.00. The number of nitrogens with one attached hydrogen (secondary N) is 1. The molecule has 0 spiro atoms. The fourth-order valence-corrected chi connectivity index (χ4v) is 2.00. The molecule has 2 rings (SSSR count). The van der Waals surface area contributed by atoms with Crippen molar-refractivity contribution in [1.82, 2.24) is 19.8 Å². The molecule has 1 fully saturated rings. The number of rotatable bonds is 3. The van der Waals surface area contributed by atoms with E-state index in [1.54, 1.807) is 11.1 Å². The minimum Gasteiger partial charge on any atom is -0.337 e. The maximum atomic E-state index is 12.0. The molecule has 0 unspecified atom stereocenters. The van der Waals surface area contributed by atoms with Crippen molar-refractivity contribution in [1.29, 1.82) is 0 Å². The van der Waals surface area contributed by atoms with Crippen molar-refractivity contribution < 1.29 is 4.79 Å². The monoisotopic (exact) mass is 222 g/mol. The molecular formula is C11H18N4O. The van der Waals surface area contributed by atoms with Crippen LogP contribution in [0, 0.1) is 0 Å². The second-order valence-electron chi connectivity index (χ2n) is 4.30. The molecule has 1 atom stereocenters. The van der Waals surface area contributed by atoms with Gasteiger partial charge in [-0.1, -0.05) is 0 Å². The summed E-state index contributed by atoms with van der Waals surface area (Å²) in [5, 5.41) is 3.21. The van der Waals surface area contributed by atoms with Crippen molar-refractivity contribution >= 4 is 5.91 Å². The molecule has 88 valence electrons. The van der Waals surface area contributed by atoms with Crippen molar-refractivity contribution in [3.63, 3.8) is 0 Å². The molecule has 0 aliphatic carbocycles. The summed E-state index contributed by atoms with van der Waals surface area (Å²) in [6.07, 6.45) is 5.68. The first-order valence-corrected chi connectivity index (χ1v) is 5.63. The van der Waals surface area contributed by atoms with E-state index in [9.17, 15) is 4.79 Å². The lowest BCUT2D eigenvalue weighted by atomic mass is 10.2. The van der Waals surface area contributed by atoms with E-state index in [1.165, 1.54) is 0 Å². The lowest BCUT2D eigenvalue weighted by Gasteiger charge is -2.20. The van der Waals surface area contributed by atoms with Crippen LogP contribution < -0.4 is 5.32 Å². The third-order valence-corrected chi connectivity index (χ3v) is 3.03. The second-order valence-corrected chi connectivity index (χ2v) is 4.30. The SMILES string of the molecule is CN(Cc1nccn1C)C(=O)[C@H]1CCCN1. The highest BCUT2D eigenvalue weighted by atomic mass is 16.2. The molecule has 0 bridgehead atoms. The Hall–Kier alpha value is -1.36. The van der Waals surface area contributed by atoms with E-state index >= 15 is 0 Å². The highest BCUT2D eigenvalue weighted by molar-refractivity contribution is 5.81. The number of likely N-dealkylation sites (N-methyl/N-ethyl adjacent to an activating group) is 1. The van der Waals surface area contributed by atoms with Gasteiger partial charge in [0.15, 0.2) is 0 Å². The van der Waals surface area contributed by atoms with Gasteiger partial charge in [-0.15, -0.1) is 0 Å². The van der Waals surface area contributed by atoms with E-state index in [0.29, 0.717) is 6.54 Å². The summed E-state index contributed by atoms with van der Waals surface area (Å²) < 4.78 is 1.94. The summed E-state index contributed by atoms with van der Waals surface area (Å²) >= 11 is 0. The Morgan fingerprint density at radius 1 is 1.75 bits per heavy atom. The molecule has 0 radical (unpaired) electrons. The number of carbonyl (C=O) groups is 1. The molecule has 1 aromatic heterocycles. The van der Waals surface area contributed by atoms with Crippen molar-refractivity contribution in [3.05, 3.63) is 18.2 Å². The predicted molar refractivity (Wildman–Crippen MR) is 60.7 cm³/mol. The van der Waals surface area contributed by atoms with Gasteiger partial charge in [-0.2, -0.15) is 0 Å². The van der Waals surface area contributed by atoms with Crippen LogP contribution in [0.5, 0.6) is 0 Å². The van der Waals surface area contributed by atoms with E-state index < -0.39 is 0 Å². The molecule has 16 heavy (non-hydrogen) atoms. The summed E-state index contributed by atoms with van der Waals surface area (Å²) in [5.41, 5.74) is 0. The second kappa shape index (κ2) is 4.65. The van der Waals surface area contributed by atoms with E-state index in [-0.39, 0.29) is 11.9 Å². The molecule has 1 aromatic rings. The lowest BCUT2D eigenvalue weighted by Crippen LogP contribution is -2.41. The van der Waals surface area contributed by atoms with E-state index in [1.807, 2.05) is 24.9 Å². The zero-order chi connectivity index (χ0) is 11.5. The van der Waals surface area contributed by atoms with Crippen molar-refractivity contribution in [3.8, 4) is 0 Å². The molecule has 2 heterocycles. The number of aryl methyl sites for hydroxylation is 1. The lowest BCUT2D eigenvalue weighted by molar-refractivity contribution is -0.132. The molecular weight excluding hydrogens is 204 g/mol. The van der Waals surface area contributed by atoms with Crippen LogP contribution in [0.25, 0.3) is 0 Å². The van der Waals surface area contributed by atoms with Crippen LogP contribution in [0.1, 0.15) is 18.7 Å². The van der Waals surface area contributed by atoms with Gasteiger partial charge in [0, 0.05) is 26.5 Å². The maximum Gasteiger partial charge on any atom is 0.239 e. The number of aromatic nitrogens is 2. The van der Waals surface area contributed by atoms with Gasteiger partial charge in [-0.25, -0.2) is 4.98 Å². The van der Waals surface area contributed by atoms with Crippen LogP contribution in [0.4, 0.5) is 0 Å². The normalized spacial score (nSPS) is 20.0. The average Bonchev–Trinajstić information content (AvgIpc) is 2.89. The Bertz CT molecular complexity index is 368. The predicted octanol–water partition coefficient (Wildman–Crippen LogP) is 0.130. The Balaban J connectivity index is 1.94.